The Bertz CT molecular complexity index is 192. The Hall–Kier alpha value is 0.0200. The normalized spacial score (nSPS) is 21.4. The van der Waals surface area contributed by atoms with E-state index in [1.54, 1.807) is 0 Å². The van der Waals surface area contributed by atoms with E-state index in [1.807, 2.05) is 0 Å². The summed E-state index contributed by atoms with van der Waals surface area (Å²) >= 11 is -2.54. The molecule has 50 valence electrons. The van der Waals surface area contributed by atoms with Gasteiger partial charge in [-0.05, 0) is 0 Å². The maximum absolute atomic E-state index is 10.0. The molecule has 0 bridgehead atoms. The molecule has 0 aromatic rings. The lowest BCUT2D eigenvalue weighted by molar-refractivity contribution is 0.551. The number of nitrogens with zero attached hydrogens (tertiary/aromatic N) is 1. The topological polar surface area (TPSA) is 87.0 Å². The molecular formula is CH5NO4S2. The molecule has 8 heavy (non-hydrogen) atoms. The van der Waals surface area contributed by atoms with Crippen LogP contribution in [0.15, 0.2) is 3.77 Å². The molecule has 0 heterocycles. The van der Waals surface area contributed by atoms with Gasteiger partial charge in [0.1, 0.15) is 0 Å². The summed E-state index contributed by atoms with van der Waals surface area (Å²) in [6.07, 6.45) is 0.848. The fourth-order valence-electron chi connectivity index (χ4n) is 0.118. The highest BCUT2D eigenvalue weighted by Gasteiger charge is 1.92. The third kappa shape index (κ3) is 6.02. The van der Waals surface area contributed by atoms with Crippen molar-refractivity contribution in [2.45, 2.75) is 0 Å². The lowest BCUT2D eigenvalue weighted by Crippen LogP contribution is -1.94. The monoisotopic (exact) mass is 159 g/mol. The van der Waals surface area contributed by atoms with Crippen molar-refractivity contribution in [2.75, 3.05) is 6.26 Å². The van der Waals surface area contributed by atoms with E-state index >= 15 is 0 Å². The highest BCUT2D eigenvalue weighted by Crippen LogP contribution is 1.84. The molecule has 2 atom stereocenters. The predicted octanol–water partition coefficient (Wildman–Crippen LogP) is -0.306. The molecule has 0 amide bonds. The second-order valence-corrected chi connectivity index (χ2v) is 3.65. The van der Waals surface area contributed by atoms with E-state index in [9.17, 15) is 8.42 Å². The van der Waals surface area contributed by atoms with Crippen LogP contribution in [0.3, 0.4) is 0 Å². The van der Waals surface area contributed by atoms with E-state index in [1.165, 1.54) is 0 Å². The van der Waals surface area contributed by atoms with Gasteiger partial charge in [-0.25, -0.2) is 8.42 Å². The summed E-state index contributed by atoms with van der Waals surface area (Å²) in [5, 5.41) is 0. The molecule has 5 nitrogen and oxygen atoms in total. The van der Waals surface area contributed by atoms with Crippen LogP contribution in [0.4, 0.5) is 0 Å². The molecule has 0 aromatic carbocycles. The zero-order valence-electron chi connectivity index (χ0n) is 3.97. The van der Waals surface area contributed by atoms with Gasteiger partial charge in [0.15, 0.2) is 10.0 Å². The van der Waals surface area contributed by atoms with Gasteiger partial charge in [0.2, 0.25) is 0 Å². The van der Waals surface area contributed by atoms with Gasteiger partial charge < -0.3 is 0 Å². The van der Waals surface area contributed by atoms with Gasteiger partial charge in [-0.3, -0.25) is 9.11 Å². The second-order valence-electron chi connectivity index (χ2n) is 1.07. The molecule has 0 aliphatic heterocycles. The van der Waals surface area contributed by atoms with Gasteiger partial charge in [-0.15, -0.1) is 0 Å². The summed E-state index contributed by atoms with van der Waals surface area (Å²) in [4.78, 5) is 0. The average Bonchev–Trinajstić information content (AvgIpc) is 1.21. The van der Waals surface area contributed by atoms with Crippen molar-refractivity contribution >= 4 is 21.3 Å². The van der Waals surface area contributed by atoms with E-state index < -0.39 is 21.3 Å². The average molecular weight is 159 g/mol. The highest BCUT2D eigenvalue weighted by molar-refractivity contribution is 7.95. The van der Waals surface area contributed by atoms with E-state index in [0.29, 0.717) is 0 Å². The van der Waals surface area contributed by atoms with Crippen LogP contribution in [-0.4, -0.2) is 23.8 Å². The molecule has 0 rings (SSSR count). The lowest BCUT2D eigenvalue weighted by atomic mass is 12.0. The SMILES string of the molecule is CS(=O)(O)=NS(=O)O. The van der Waals surface area contributed by atoms with Crippen molar-refractivity contribution in [3.8, 4) is 0 Å². The molecule has 0 spiro atoms. The summed E-state index contributed by atoms with van der Waals surface area (Å²) in [6, 6.07) is 0. The van der Waals surface area contributed by atoms with Crippen molar-refractivity contribution in [1.82, 2.24) is 0 Å². The smallest absolute Gasteiger partial charge is 0.292 e. The molecule has 0 aromatic heterocycles. The minimum atomic E-state index is -3.40. The van der Waals surface area contributed by atoms with E-state index in [0.717, 1.165) is 6.26 Å². The van der Waals surface area contributed by atoms with Gasteiger partial charge in [0.05, 0.1) is 0 Å². The minimum absolute atomic E-state index is 0.848. The first kappa shape index (κ1) is 8.02. The molecule has 0 saturated heterocycles. The molecule has 0 radical (unpaired) electrons. The van der Waals surface area contributed by atoms with Gasteiger partial charge in [-0.2, -0.15) is 0 Å². The second kappa shape index (κ2) is 2.53. The first-order valence-electron chi connectivity index (χ1n) is 1.47. The van der Waals surface area contributed by atoms with Crippen LogP contribution < -0.4 is 0 Å². The fraction of sp³-hybridized carbons (Fsp3) is 1.00. The Morgan fingerprint density at radius 1 is 1.75 bits per heavy atom. The van der Waals surface area contributed by atoms with Crippen molar-refractivity contribution in [1.29, 1.82) is 0 Å². The van der Waals surface area contributed by atoms with Crippen LogP contribution in [-0.2, 0) is 21.3 Å². The minimum Gasteiger partial charge on any atom is -0.300 e. The summed E-state index contributed by atoms with van der Waals surface area (Å²) in [5.41, 5.74) is 0. The molecule has 0 aliphatic rings. The first-order valence-corrected chi connectivity index (χ1v) is 4.42. The van der Waals surface area contributed by atoms with Gasteiger partial charge in [0.25, 0.3) is 11.3 Å². The number of hydrogen-bond donors (Lipinski definition) is 2. The maximum Gasteiger partial charge on any atom is 0.292 e. The first-order chi connectivity index (χ1) is 3.42. The molecule has 2 N–H and O–H groups in total. The largest absolute Gasteiger partial charge is 0.300 e. The number of hydrogen-bond acceptors (Lipinski definition) is 2. The number of rotatable bonds is 1. The Morgan fingerprint density at radius 3 is 2.12 bits per heavy atom. The molecule has 7 heteroatoms. The van der Waals surface area contributed by atoms with Crippen LogP contribution >= 0.6 is 0 Å². The van der Waals surface area contributed by atoms with Gasteiger partial charge in [-0.1, -0.05) is 3.77 Å². The third-order valence-electron chi connectivity index (χ3n) is 0.202. The Labute approximate surface area is 49.5 Å². The van der Waals surface area contributed by atoms with E-state index in [-0.39, 0.29) is 0 Å². The van der Waals surface area contributed by atoms with Crippen LogP contribution in [0.25, 0.3) is 0 Å². The summed E-state index contributed by atoms with van der Waals surface area (Å²) in [7, 11) is -3.40. The summed E-state index contributed by atoms with van der Waals surface area (Å²) in [5.74, 6) is 0. The zero-order chi connectivity index (χ0) is 6.78. The lowest BCUT2D eigenvalue weighted by Gasteiger charge is -1.85. The zero-order valence-corrected chi connectivity index (χ0v) is 5.61. The van der Waals surface area contributed by atoms with Crippen molar-refractivity contribution in [3.63, 3.8) is 0 Å². The Morgan fingerprint density at radius 2 is 2.12 bits per heavy atom. The van der Waals surface area contributed by atoms with E-state index in [2.05, 4.69) is 3.77 Å². The summed E-state index contributed by atoms with van der Waals surface area (Å²) in [6.45, 7) is 0. The Balaban J connectivity index is 4.44. The predicted molar refractivity (Wildman–Crippen MR) is 29.9 cm³/mol. The van der Waals surface area contributed by atoms with E-state index in [4.69, 9.17) is 9.11 Å². The van der Waals surface area contributed by atoms with Gasteiger partial charge in [0, 0.05) is 6.26 Å². The summed E-state index contributed by atoms with van der Waals surface area (Å²) < 4.78 is 38.2. The molecule has 0 fully saturated rings. The molecule has 2 unspecified atom stereocenters. The fourth-order valence-corrected chi connectivity index (χ4v) is 1.06. The van der Waals surface area contributed by atoms with Crippen LogP contribution in [0, 0.1) is 0 Å². The molecular weight excluding hydrogens is 154 g/mol. The van der Waals surface area contributed by atoms with Crippen LogP contribution in [0.1, 0.15) is 0 Å². The van der Waals surface area contributed by atoms with Crippen molar-refractivity contribution in [2.24, 2.45) is 3.77 Å². The molecule has 0 saturated carbocycles. The van der Waals surface area contributed by atoms with Crippen LogP contribution in [0.2, 0.25) is 0 Å². The molecule has 0 aliphatic carbocycles. The van der Waals surface area contributed by atoms with Crippen molar-refractivity contribution in [3.05, 3.63) is 0 Å². The van der Waals surface area contributed by atoms with Gasteiger partial charge >= 0.3 is 0 Å². The van der Waals surface area contributed by atoms with Crippen molar-refractivity contribution < 1.29 is 17.5 Å². The maximum atomic E-state index is 10.0. The highest BCUT2D eigenvalue weighted by atomic mass is 32.3. The quantitative estimate of drug-likeness (QED) is 0.514. The third-order valence-corrected chi connectivity index (χ3v) is 1.82. The standard InChI is InChI=1S/CH5NO4S2/c1-8(5,6)2-7(3)4/h1H3,(H,3,4)(H,2,5,6). The Kier molecular flexibility index (Phi) is 2.54. The van der Waals surface area contributed by atoms with Crippen LogP contribution in [0.5, 0.6) is 0 Å².